The van der Waals surface area contributed by atoms with E-state index >= 15 is 0 Å². The van der Waals surface area contributed by atoms with Gasteiger partial charge in [-0.3, -0.25) is 4.99 Å². The molecule has 0 aliphatic carbocycles. The largest absolute Gasteiger partial charge is 0.382 e. The Labute approximate surface area is 96.4 Å². The number of nitrogens with one attached hydrogen (secondary N) is 1. The summed E-state index contributed by atoms with van der Waals surface area (Å²) in [6.07, 6.45) is 3.77. The van der Waals surface area contributed by atoms with Gasteiger partial charge in [0.15, 0.2) is 0 Å². The van der Waals surface area contributed by atoms with Crippen LogP contribution < -0.4 is 10.2 Å². The van der Waals surface area contributed by atoms with Crippen LogP contribution in [0.25, 0.3) is 0 Å². The van der Waals surface area contributed by atoms with Gasteiger partial charge in [0.05, 0.1) is 5.56 Å². The van der Waals surface area contributed by atoms with Crippen molar-refractivity contribution in [3.05, 3.63) is 17.8 Å². The summed E-state index contributed by atoms with van der Waals surface area (Å²) in [7, 11) is 0. The Morgan fingerprint density at radius 3 is 3.00 bits per heavy atom. The van der Waals surface area contributed by atoms with Gasteiger partial charge in [0, 0.05) is 30.7 Å². The number of hydrogen-bond acceptors (Lipinski definition) is 4. The lowest BCUT2D eigenvalue weighted by Gasteiger charge is -2.26. The van der Waals surface area contributed by atoms with Crippen molar-refractivity contribution < 1.29 is 0 Å². The zero-order valence-electron chi connectivity index (χ0n) is 10.1. The van der Waals surface area contributed by atoms with Crippen LogP contribution >= 0.6 is 0 Å². The molecule has 1 aromatic heterocycles. The molecule has 4 nitrogen and oxygen atoms in total. The fourth-order valence-electron chi connectivity index (χ4n) is 1.83. The van der Waals surface area contributed by atoms with Crippen molar-refractivity contribution in [3.63, 3.8) is 0 Å². The van der Waals surface area contributed by atoms with E-state index in [1.54, 1.807) is 0 Å². The van der Waals surface area contributed by atoms with Gasteiger partial charge in [-0.25, -0.2) is 4.98 Å². The van der Waals surface area contributed by atoms with Crippen LogP contribution in [0, 0.1) is 0 Å². The van der Waals surface area contributed by atoms with Crippen molar-refractivity contribution in [3.8, 4) is 0 Å². The van der Waals surface area contributed by atoms with Gasteiger partial charge in [0.25, 0.3) is 0 Å². The molecule has 4 heteroatoms. The van der Waals surface area contributed by atoms with E-state index in [4.69, 9.17) is 0 Å². The molecule has 1 aliphatic rings. The highest BCUT2D eigenvalue weighted by Crippen LogP contribution is 2.26. The summed E-state index contributed by atoms with van der Waals surface area (Å²) in [5, 5.41) is 3.42. The maximum atomic E-state index is 4.43. The molecule has 0 radical (unpaired) electrons. The average molecular weight is 218 g/mol. The van der Waals surface area contributed by atoms with Crippen LogP contribution in [0.4, 0.5) is 11.5 Å². The second kappa shape index (κ2) is 4.51. The molecule has 16 heavy (non-hydrogen) atoms. The minimum absolute atomic E-state index is 0.414. The first-order chi connectivity index (χ1) is 7.72. The summed E-state index contributed by atoms with van der Waals surface area (Å²) < 4.78 is 0. The maximum absolute atomic E-state index is 4.43. The monoisotopic (exact) mass is 218 g/mol. The van der Waals surface area contributed by atoms with E-state index in [0.717, 1.165) is 23.6 Å². The Morgan fingerprint density at radius 1 is 1.50 bits per heavy atom. The van der Waals surface area contributed by atoms with Gasteiger partial charge in [0.1, 0.15) is 12.5 Å². The molecule has 1 N–H and O–H groups in total. The van der Waals surface area contributed by atoms with Crippen LogP contribution in [0.3, 0.4) is 0 Å². The molecule has 0 unspecified atom stereocenters. The van der Waals surface area contributed by atoms with Crippen molar-refractivity contribution in [1.29, 1.82) is 0 Å². The van der Waals surface area contributed by atoms with Crippen LogP contribution in [0.2, 0.25) is 0 Å². The fourth-order valence-corrected chi connectivity index (χ4v) is 1.83. The molecule has 86 valence electrons. The van der Waals surface area contributed by atoms with Gasteiger partial charge >= 0.3 is 0 Å². The van der Waals surface area contributed by atoms with Gasteiger partial charge < -0.3 is 10.2 Å². The highest BCUT2D eigenvalue weighted by atomic mass is 15.3. The third kappa shape index (κ3) is 2.01. The zero-order chi connectivity index (χ0) is 11.5. The Kier molecular flexibility index (Phi) is 3.08. The van der Waals surface area contributed by atoms with E-state index in [1.165, 1.54) is 0 Å². The van der Waals surface area contributed by atoms with E-state index in [1.807, 2.05) is 18.5 Å². The lowest BCUT2D eigenvalue weighted by molar-refractivity contribution is 0.816. The van der Waals surface area contributed by atoms with Gasteiger partial charge in [-0.2, -0.15) is 0 Å². The van der Waals surface area contributed by atoms with E-state index in [9.17, 15) is 0 Å². The molecule has 0 atom stereocenters. The molecule has 0 aromatic carbocycles. The minimum atomic E-state index is 0.414. The van der Waals surface area contributed by atoms with Crippen molar-refractivity contribution in [2.24, 2.45) is 4.99 Å². The Hall–Kier alpha value is -1.58. The van der Waals surface area contributed by atoms with Crippen molar-refractivity contribution >= 4 is 17.7 Å². The highest BCUT2D eigenvalue weighted by molar-refractivity contribution is 5.95. The predicted molar refractivity (Wildman–Crippen MR) is 68.5 cm³/mol. The second-order valence-corrected chi connectivity index (χ2v) is 4.20. The highest BCUT2D eigenvalue weighted by Gasteiger charge is 2.16. The number of aromatic nitrogens is 1. The van der Waals surface area contributed by atoms with E-state index in [2.05, 4.69) is 41.0 Å². The topological polar surface area (TPSA) is 40.5 Å². The maximum Gasteiger partial charge on any atom is 0.140 e. The minimum Gasteiger partial charge on any atom is -0.382 e. The van der Waals surface area contributed by atoms with Crippen LogP contribution in [0.1, 0.15) is 26.3 Å². The number of nitrogens with zero attached hydrogens (tertiary/aromatic N) is 3. The van der Waals surface area contributed by atoms with Crippen LogP contribution in [0.15, 0.2) is 17.3 Å². The van der Waals surface area contributed by atoms with E-state index < -0.39 is 0 Å². The Balaban J connectivity index is 2.40. The number of aliphatic imine (C=N–C) groups is 1. The first-order valence-corrected chi connectivity index (χ1v) is 5.72. The van der Waals surface area contributed by atoms with Gasteiger partial charge in [0.2, 0.25) is 0 Å². The first-order valence-electron chi connectivity index (χ1n) is 5.72. The Bertz CT molecular complexity index is 398. The number of rotatable bonds is 3. The molecule has 2 rings (SSSR count). The molecule has 0 fully saturated rings. The quantitative estimate of drug-likeness (QED) is 0.844. The number of hydrogen-bond donors (Lipinski definition) is 1. The molecule has 0 amide bonds. The lowest BCUT2D eigenvalue weighted by Crippen LogP contribution is -2.28. The van der Waals surface area contributed by atoms with E-state index in [0.29, 0.717) is 12.7 Å². The van der Waals surface area contributed by atoms with Crippen molar-refractivity contribution in [1.82, 2.24) is 4.98 Å². The summed E-state index contributed by atoms with van der Waals surface area (Å²) >= 11 is 0. The second-order valence-electron chi connectivity index (χ2n) is 4.20. The normalized spacial score (nSPS) is 14.1. The molecular weight excluding hydrogens is 200 g/mol. The number of anilines is 2. The molecule has 0 bridgehead atoms. The lowest BCUT2D eigenvalue weighted by atomic mass is 10.2. The number of fused-ring (bicyclic) bond motifs is 1. The molecule has 1 aromatic rings. The molecule has 0 spiro atoms. The first kappa shape index (κ1) is 10.9. The molecule has 0 saturated heterocycles. The molecular formula is C12H18N4. The fraction of sp³-hybridized carbons (Fsp3) is 0.500. The summed E-state index contributed by atoms with van der Waals surface area (Å²) in [5.74, 6) is 1.03. The Morgan fingerprint density at radius 2 is 2.31 bits per heavy atom. The smallest absolute Gasteiger partial charge is 0.140 e. The van der Waals surface area contributed by atoms with Crippen molar-refractivity contribution in [2.45, 2.75) is 26.8 Å². The van der Waals surface area contributed by atoms with Crippen molar-refractivity contribution in [2.75, 3.05) is 23.4 Å². The van der Waals surface area contributed by atoms with Crippen LogP contribution in [-0.2, 0) is 0 Å². The summed E-state index contributed by atoms with van der Waals surface area (Å²) in [6, 6.07) is 2.42. The molecule has 1 aliphatic heterocycles. The van der Waals surface area contributed by atoms with Crippen LogP contribution in [0.5, 0.6) is 0 Å². The summed E-state index contributed by atoms with van der Waals surface area (Å²) in [4.78, 5) is 11.0. The van der Waals surface area contributed by atoms with E-state index in [-0.39, 0.29) is 0 Å². The molecule has 2 heterocycles. The zero-order valence-corrected chi connectivity index (χ0v) is 10.1. The standard InChI is InChI=1S/C12H18N4/c1-4-16-8-13-7-10-11(15-9(2)3)5-6-14-12(10)16/h5-7,9H,4,8H2,1-3H3,(H,14,15). The summed E-state index contributed by atoms with van der Waals surface area (Å²) in [5.41, 5.74) is 2.21. The third-order valence-electron chi connectivity index (χ3n) is 2.57. The van der Waals surface area contributed by atoms with Crippen LogP contribution in [-0.4, -0.2) is 30.5 Å². The number of pyridine rings is 1. The summed E-state index contributed by atoms with van der Waals surface area (Å²) in [6.45, 7) is 8.02. The van der Waals surface area contributed by atoms with Gasteiger partial charge in [-0.05, 0) is 26.8 Å². The van der Waals surface area contributed by atoms with Gasteiger partial charge in [-0.1, -0.05) is 0 Å². The molecule has 0 saturated carbocycles. The SMILES string of the molecule is CCN1CN=Cc2c(NC(C)C)ccnc21. The average Bonchev–Trinajstić information content (AvgIpc) is 2.28. The predicted octanol–water partition coefficient (Wildman–Crippen LogP) is 2.12. The van der Waals surface area contributed by atoms with Gasteiger partial charge in [-0.15, -0.1) is 0 Å². The third-order valence-corrected chi connectivity index (χ3v) is 2.57.